The van der Waals surface area contributed by atoms with Crippen molar-refractivity contribution in [3.8, 4) is 11.1 Å². The van der Waals surface area contributed by atoms with E-state index in [1.54, 1.807) is 12.1 Å². The third kappa shape index (κ3) is 4.23. The van der Waals surface area contributed by atoms with E-state index in [0.717, 1.165) is 22.4 Å². The maximum absolute atomic E-state index is 9.16. The van der Waals surface area contributed by atoms with Gasteiger partial charge in [-0.15, -0.1) is 0 Å². The van der Waals surface area contributed by atoms with Gasteiger partial charge in [-0.25, -0.2) is 5.43 Å². The highest BCUT2D eigenvalue weighted by molar-refractivity contribution is 6.58. The van der Waals surface area contributed by atoms with Gasteiger partial charge in [0.25, 0.3) is 0 Å². The van der Waals surface area contributed by atoms with Crippen LogP contribution in [-0.4, -0.2) is 17.2 Å². The summed E-state index contributed by atoms with van der Waals surface area (Å²) in [6.45, 7) is 0.691. The molecule has 4 N–H and O–H groups in total. The highest BCUT2D eigenvalue weighted by Crippen LogP contribution is 2.19. The zero-order valence-electron chi connectivity index (χ0n) is 13.2. The van der Waals surface area contributed by atoms with Crippen molar-refractivity contribution in [2.45, 2.75) is 6.54 Å². The Kier molecular flexibility index (Phi) is 5.28. The average molecular weight is 318 g/mol. The average Bonchev–Trinajstić information content (AvgIpc) is 2.63. The molecule has 3 aromatic rings. The number of hydrazine groups is 1. The van der Waals surface area contributed by atoms with Crippen molar-refractivity contribution in [3.05, 3.63) is 84.4 Å². The molecule has 0 aliphatic rings. The van der Waals surface area contributed by atoms with E-state index in [-0.39, 0.29) is 0 Å². The fourth-order valence-corrected chi connectivity index (χ4v) is 2.48. The second-order valence-electron chi connectivity index (χ2n) is 5.54. The number of hydrogen-bond acceptors (Lipinski definition) is 4. The van der Waals surface area contributed by atoms with Crippen molar-refractivity contribution in [2.75, 3.05) is 5.43 Å². The molecule has 0 spiro atoms. The quantitative estimate of drug-likeness (QED) is 0.415. The van der Waals surface area contributed by atoms with E-state index in [9.17, 15) is 0 Å². The lowest BCUT2D eigenvalue weighted by molar-refractivity contribution is 0.426. The van der Waals surface area contributed by atoms with Crippen LogP contribution in [0.3, 0.4) is 0 Å². The van der Waals surface area contributed by atoms with E-state index in [2.05, 4.69) is 23.0 Å². The lowest BCUT2D eigenvalue weighted by atomic mass is 9.80. The Balaban J connectivity index is 1.65. The Bertz CT molecular complexity index is 777. The van der Waals surface area contributed by atoms with Gasteiger partial charge < -0.3 is 15.5 Å². The monoisotopic (exact) mass is 318 g/mol. The van der Waals surface area contributed by atoms with E-state index in [4.69, 9.17) is 10.0 Å². The van der Waals surface area contributed by atoms with Gasteiger partial charge in [0.15, 0.2) is 0 Å². The fraction of sp³-hybridized carbons (Fsp3) is 0.0526. The number of para-hydroxylation sites is 1. The third-order valence-corrected chi connectivity index (χ3v) is 3.77. The number of nitrogens with one attached hydrogen (secondary N) is 2. The van der Waals surface area contributed by atoms with Gasteiger partial charge in [-0.2, -0.15) is 0 Å². The molecule has 120 valence electrons. The van der Waals surface area contributed by atoms with Crippen LogP contribution in [0, 0.1) is 0 Å². The molecule has 0 atom stereocenters. The standard InChI is InChI=1S/C19H19BN2O2/c23-20(24)18-11-9-16(10-12-18)17-6-4-5-15(13-17)14-21-22-19-7-2-1-3-8-19/h1-13,21-24H,14H2. The Morgan fingerprint density at radius 1 is 0.750 bits per heavy atom. The van der Waals surface area contributed by atoms with Gasteiger partial charge in [-0.1, -0.05) is 60.7 Å². The maximum atomic E-state index is 9.16. The first kappa shape index (κ1) is 16.3. The van der Waals surface area contributed by atoms with E-state index in [0.29, 0.717) is 12.0 Å². The predicted molar refractivity (Wildman–Crippen MR) is 98.6 cm³/mol. The lowest BCUT2D eigenvalue weighted by Crippen LogP contribution is -2.29. The van der Waals surface area contributed by atoms with Gasteiger partial charge in [0.05, 0.1) is 0 Å². The molecule has 0 saturated carbocycles. The highest BCUT2D eigenvalue weighted by Gasteiger charge is 2.10. The van der Waals surface area contributed by atoms with E-state index in [1.165, 1.54) is 0 Å². The van der Waals surface area contributed by atoms with Gasteiger partial charge in [0, 0.05) is 12.2 Å². The Morgan fingerprint density at radius 2 is 1.50 bits per heavy atom. The van der Waals surface area contributed by atoms with Gasteiger partial charge in [-0.3, -0.25) is 0 Å². The molecule has 0 aliphatic heterocycles. The Hall–Kier alpha value is -2.60. The highest BCUT2D eigenvalue weighted by atomic mass is 16.4. The van der Waals surface area contributed by atoms with Gasteiger partial charge >= 0.3 is 7.12 Å². The summed E-state index contributed by atoms with van der Waals surface area (Å²) < 4.78 is 0. The second-order valence-corrected chi connectivity index (χ2v) is 5.54. The van der Waals surface area contributed by atoms with E-state index >= 15 is 0 Å². The second kappa shape index (κ2) is 7.79. The van der Waals surface area contributed by atoms with E-state index in [1.807, 2.05) is 54.6 Å². The summed E-state index contributed by atoms with van der Waals surface area (Å²) >= 11 is 0. The van der Waals surface area contributed by atoms with Crippen molar-refractivity contribution < 1.29 is 10.0 Å². The minimum absolute atomic E-state index is 0.489. The SMILES string of the molecule is OB(O)c1ccc(-c2cccc(CNNc3ccccc3)c2)cc1. The molecule has 0 fully saturated rings. The molecule has 0 aliphatic carbocycles. The molecule has 0 heterocycles. The molecular weight excluding hydrogens is 299 g/mol. The molecule has 0 unspecified atom stereocenters. The topological polar surface area (TPSA) is 64.5 Å². The molecule has 0 amide bonds. The summed E-state index contributed by atoms with van der Waals surface area (Å²) in [6, 6.07) is 25.4. The molecule has 3 aromatic carbocycles. The molecule has 0 aromatic heterocycles. The van der Waals surface area contributed by atoms with Crippen molar-refractivity contribution in [1.29, 1.82) is 0 Å². The fourth-order valence-electron chi connectivity index (χ4n) is 2.48. The number of benzene rings is 3. The maximum Gasteiger partial charge on any atom is 0.488 e. The van der Waals surface area contributed by atoms with Crippen molar-refractivity contribution in [2.24, 2.45) is 0 Å². The first-order valence-corrected chi connectivity index (χ1v) is 7.82. The van der Waals surface area contributed by atoms with Crippen molar-refractivity contribution in [3.63, 3.8) is 0 Å². The molecule has 5 heteroatoms. The van der Waals surface area contributed by atoms with Crippen LogP contribution in [0.5, 0.6) is 0 Å². The van der Waals surface area contributed by atoms with E-state index < -0.39 is 7.12 Å². The summed E-state index contributed by atoms with van der Waals surface area (Å²) in [5.74, 6) is 0. The summed E-state index contributed by atoms with van der Waals surface area (Å²) in [5.41, 5.74) is 11.2. The third-order valence-electron chi connectivity index (χ3n) is 3.77. The minimum Gasteiger partial charge on any atom is -0.423 e. The zero-order valence-corrected chi connectivity index (χ0v) is 13.2. The normalized spacial score (nSPS) is 10.4. The van der Waals surface area contributed by atoms with Crippen LogP contribution in [-0.2, 0) is 6.54 Å². The first-order chi connectivity index (χ1) is 11.7. The van der Waals surface area contributed by atoms with Crippen LogP contribution in [0.1, 0.15) is 5.56 Å². The van der Waals surface area contributed by atoms with Crippen LogP contribution in [0.4, 0.5) is 5.69 Å². The minimum atomic E-state index is -1.43. The first-order valence-electron chi connectivity index (χ1n) is 7.82. The van der Waals surface area contributed by atoms with Crippen LogP contribution in [0.2, 0.25) is 0 Å². The predicted octanol–water partition coefficient (Wildman–Crippen LogP) is 2.15. The number of hydrogen-bond donors (Lipinski definition) is 4. The summed E-state index contributed by atoms with van der Waals surface area (Å²) in [7, 11) is -1.43. The molecule has 3 rings (SSSR count). The Labute approximate surface area is 141 Å². The molecule has 0 radical (unpaired) electrons. The van der Waals surface area contributed by atoms with Crippen molar-refractivity contribution in [1.82, 2.24) is 5.43 Å². The summed E-state index contributed by atoms with van der Waals surface area (Å²) in [4.78, 5) is 0. The lowest BCUT2D eigenvalue weighted by Gasteiger charge is -2.10. The van der Waals surface area contributed by atoms with Gasteiger partial charge in [0.2, 0.25) is 0 Å². The van der Waals surface area contributed by atoms with Crippen LogP contribution >= 0.6 is 0 Å². The Morgan fingerprint density at radius 3 is 2.21 bits per heavy atom. The molecule has 0 saturated heterocycles. The smallest absolute Gasteiger partial charge is 0.423 e. The van der Waals surface area contributed by atoms with Crippen LogP contribution in [0.25, 0.3) is 11.1 Å². The van der Waals surface area contributed by atoms with Gasteiger partial charge in [0.1, 0.15) is 0 Å². The van der Waals surface area contributed by atoms with Crippen LogP contribution in [0.15, 0.2) is 78.9 Å². The largest absolute Gasteiger partial charge is 0.488 e. The van der Waals surface area contributed by atoms with Gasteiger partial charge in [-0.05, 0) is 40.4 Å². The molecule has 24 heavy (non-hydrogen) atoms. The van der Waals surface area contributed by atoms with Crippen molar-refractivity contribution >= 4 is 18.3 Å². The molecular formula is C19H19BN2O2. The molecule has 0 bridgehead atoms. The summed E-state index contributed by atoms with van der Waals surface area (Å²) in [6.07, 6.45) is 0. The van der Waals surface area contributed by atoms with Crippen LogP contribution < -0.4 is 16.3 Å². The summed E-state index contributed by atoms with van der Waals surface area (Å²) in [5, 5.41) is 18.3. The zero-order chi connectivity index (χ0) is 16.8. The number of anilines is 1. The molecule has 4 nitrogen and oxygen atoms in total. The number of rotatable bonds is 6.